The Morgan fingerprint density at radius 2 is 1.84 bits per heavy atom. The number of hydrogen-bond donors (Lipinski definition) is 0. The van der Waals surface area contributed by atoms with Crippen molar-refractivity contribution in [3.8, 4) is 17.2 Å². The number of nitrogens with zero attached hydrogens (tertiary/aromatic N) is 2. The molecule has 0 unspecified atom stereocenters. The van der Waals surface area contributed by atoms with Crippen LogP contribution in [0.1, 0.15) is 29.7 Å². The first-order valence-electron chi connectivity index (χ1n) is 6.48. The molecule has 2 nitrogen and oxygen atoms in total. The summed E-state index contributed by atoms with van der Waals surface area (Å²) in [5, 5.41) is 9.72. The number of rotatable bonds is 1. The molecular weight excluding hydrogens is 256 g/mol. The average Bonchev–Trinajstić information content (AvgIpc) is 2.46. The van der Waals surface area contributed by atoms with Gasteiger partial charge in [-0.2, -0.15) is 5.26 Å². The van der Waals surface area contributed by atoms with E-state index in [1.54, 1.807) is 0 Å². The summed E-state index contributed by atoms with van der Waals surface area (Å²) < 4.78 is 0. The summed E-state index contributed by atoms with van der Waals surface area (Å²) in [6.45, 7) is 0. The zero-order chi connectivity index (χ0) is 13.2. The number of hydrogen-bond acceptors (Lipinski definition) is 2. The molecule has 94 valence electrons. The van der Waals surface area contributed by atoms with Crippen LogP contribution in [0.3, 0.4) is 0 Å². The fraction of sp³-hybridized carbons (Fsp3) is 0.250. The molecule has 0 aliphatic heterocycles. The normalized spacial score (nSPS) is 13.7. The van der Waals surface area contributed by atoms with Crippen molar-refractivity contribution in [2.45, 2.75) is 25.7 Å². The van der Waals surface area contributed by atoms with Crippen molar-refractivity contribution in [1.82, 2.24) is 4.98 Å². The van der Waals surface area contributed by atoms with Gasteiger partial charge >= 0.3 is 0 Å². The van der Waals surface area contributed by atoms with E-state index in [1.807, 2.05) is 30.3 Å². The summed E-state index contributed by atoms with van der Waals surface area (Å²) in [5.74, 6) is 0. The third kappa shape index (κ3) is 2.11. The van der Waals surface area contributed by atoms with Crippen LogP contribution in [0.25, 0.3) is 11.1 Å². The maximum atomic E-state index is 9.39. The highest BCUT2D eigenvalue weighted by molar-refractivity contribution is 6.31. The van der Waals surface area contributed by atoms with Gasteiger partial charge in [-0.15, -0.1) is 0 Å². The van der Waals surface area contributed by atoms with Crippen LogP contribution in [0, 0.1) is 11.3 Å². The molecule has 0 amide bonds. The monoisotopic (exact) mass is 268 g/mol. The molecule has 2 aromatic rings. The van der Waals surface area contributed by atoms with E-state index in [2.05, 4.69) is 11.1 Å². The summed E-state index contributed by atoms with van der Waals surface area (Å²) >= 11 is 6.18. The van der Waals surface area contributed by atoms with Gasteiger partial charge in [0.15, 0.2) is 0 Å². The van der Waals surface area contributed by atoms with Crippen molar-refractivity contribution in [1.29, 1.82) is 5.26 Å². The van der Waals surface area contributed by atoms with E-state index in [-0.39, 0.29) is 0 Å². The smallest absolute Gasteiger partial charge is 0.147 e. The molecule has 3 rings (SSSR count). The minimum atomic E-state index is 0.335. The van der Waals surface area contributed by atoms with Crippen molar-refractivity contribution in [2.75, 3.05) is 0 Å². The zero-order valence-corrected chi connectivity index (χ0v) is 11.2. The van der Waals surface area contributed by atoms with Crippen LogP contribution in [0.15, 0.2) is 30.3 Å². The van der Waals surface area contributed by atoms with Gasteiger partial charge in [-0.25, -0.2) is 4.98 Å². The standard InChI is InChI=1S/C16H13ClN2/c17-16-13(10-18)15(11-6-2-1-3-7-11)12-8-4-5-9-14(12)19-16/h1-3,6-7H,4-5,8-9H2. The molecule has 0 fully saturated rings. The summed E-state index contributed by atoms with van der Waals surface area (Å²) in [6, 6.07) is 12.2. The SMILES string of the molecule is N#Cc1c(Cl)nc2c(c1-c1ccccc1)CCCC2. The molecule has 0 bridgehead atoms. The van der Waals surface area contributed by atoms with Crippen molar-refractivity contribution in [2.24, 2.45) is 0 Å². The lowest BCUT2D eigenvalue weighted by atomic mass is 9.87. The van der Waals surface area contributed by atoms with Crippen molar-refractivity contribution in [3.63, 3.8) is 0 Å². The Morgan fingerprint density at radius 1 is 1.11 bits per heavy atom. The average molecular weight is 269 g/mol. The fourth-order valence-corrected chi connectivity index (χ4v) is 2.97. The highest BCUT2D eigenvalue weighted by Crippen LogP contribution is 2.36. The molecule has 0 saturated carbocycles. The van der Waals surface area contributed by atoms with Gasteiger partial charge < -0.3 is 0 Å². The summed E-state index contributed by atoms with van der Waals surface area (Å²) in [7, 11) is 0. The number of aryl methyl sites for hydroxylation is 1. The first-order chi connectivity index (χ1) is 9.31. The highest BCUT2D eigenvalue weighted by Gasteiger charge is 2.21. The van der Waals surface area contributed by atoms with E-state index in [0.717, 1.165) is 42.5 Å². The van der Waals surface area contributed by atoms with Gasteiger partial charge in [0.2, 0.25) is 0 Å². The number of nitriles is 1. The van der Waals surface area contributed by atoms with Gasteiger partial charge in [0, 0.05) is 11.3 Å². The van der Waals surface area contributed by atoms with Gasteiger partial charge in [0.25, 0.3) is 0 Å². The maximum Gasteiger partial charge on any atom is 0.147 e. The highest BCUT2D eigenvalue weighted by atomic mass is 35.5. The van der Waals surface area contributed by atoms with Crippen molar-refractivity contribution < 1.29 is 0 Å². The van der Waals surface area contributed by atoms with Crippen molar-refractivity contribution in [3.05, 3.63) is 52.3 Å². The Hall–Kier alpha value is -1.85. The first kappa shape index (κ1) is 12.2. The Labute approximate surface area is 117 Å². The van der Waals surface area contributed by atoms with Gasteiger partial charge in [-0.05, 0) is 36.8 Å². The second kappa shape index (κ2) is 5.03. The lowest BCUT2D eigenvalue weighted by Crippen LogP contribution is -2.09. The van der Waals surface area contributed by atoms with Crippen LogP contribution < -0.4 is 0 Å². The van der Waals surface area contributed by atoms with E-state index >= 15 is 0 Å². The Morgan fingerprint density at radius 3 is 2.58 bits per heavy atom. The second-order valence-electron chi connectivity index (χ2n) is 4.76. The molecule has 1 heterocycles. The number of halogens is 1. The predicted molar refractivity (Wildman–Crippen MR) is 76.0 cm³/mol. The van der Waals surface area contributed by atoms with Crippen LogP contribution in [-0.2, 0) is 12.8 Å². The molecule has 3 heteroatoms. The van der Waals surface area contributed by atoms with Crippen LogP contribution in [0.4, 0.5) is 0 Å². The molecular formula is C16H13ClN2. The lowest BCUT2D eigenvalue weighted by Gasteiger charge is -2.20. The van der Waals surface area contributed by atoms with Crippen LogP contribution in [0.2, 0.25) is 5.15 Å². The maximum absolute atomic E-state index is 9.39. The first-order valence-corrected chi connectivity index (χ1v) is 6.86. The largest absolute Gasteiger partial charge is 0.239 e. The minimum absolute atomic E-state index is 0.335. The molecule has 1 aromatic carbocycles. The lowest BCUT2D eigenvalue weighted by molar-refractivity contribution is 0.669. The number of aromatic nitrogens is 1. The van der Waals surface area contributed by atoms with Crippen LogP contribution in [0.5, 0.6) is 0 Å². The van der Waals surface area contributed by atoms with E-state index in [4.69, 9.17) is 11.6 Å². The van der Waals surface area contributed by atoms with Gasteiger partial charge in [0.05, 0.1) is 5.56 Å². The number of fused-ring (bicyclic) bond motifs is 1. The topological polar surface area (TPSA) is 36.7 Å². The molecule has 1 aromatic heterocycles. The van der Waals surface area contributed by atoms with Crippen LogP contribution in [-0.4, -0.2) is 4.98 Å². The Kier molecular flexibility index (Phi) is 3.23. The molecule has 1 aliphatic carbocycles. The summed E-state index contributed by atoms with van der Waals surface area (Å²) in [6.07, 6.45) is 4.25. The third-order valence-electron chi connectivity index (χ3n) is 3.60. The molecule has 0 saturated heterocycles. The van der Waals surface area contributed by atoms with E-state index < -0.39 is 0 Å². The summed E-state index contributed by atoms with van der Waals surface area (Å²) in [5.41, 5.74) is 4.82. The molecule has 0 spiro atoms. The second-order valence-corrected chi connectivity index (χ2v) is 5.12. The molecule has 0 atom stereocenters. The molecule has 0 radical (unpaired) electrons. The Balaban J connectivity index is 2.32. The molecule has 19 heavy (non-hydrogen) atoms. The van der Waals surface area contributed by atoms with E-state index in [1.165, 1.54) is 5.56 Å². The zero-order valence-electron chi connectivity index (χ0n) is 10.5. The quantitative estimate of drug-likeness (QED) is 0.729. The minimum Gasteiger partial charge on any atom is -0.239 e. The molecule has 1 aliphatic rings. The summed E-state index contributed by atoms with van der Waals surface area (Å²) in [4.78, 5) is 4.41. The molecule has 0 N–H and O–H groups in total. The van der Waals surface area contributed by atoms with E-state index in [9.17, 15) is 5.26 Å². The predicted octanol–water partition coefficient (Wildman–Crippen LogP) is 4.15. The number of pyridine rings is 1. The van der Waals surface area contributed by atoms with Gasteiger partial charge in [-0.1, -0.05) is 41.9 Å². The van der Waals surface area contributed by atoms with E-state index in [0.29, 0.717) is 10.7 Å². The number of benzene rings is 1. The van der Waals surface area contributed by atoms with Crippen molar-refractivity contribution >= 4 is 11.6 Å². The van der Waals surface area contributed by atoms with Gasteiger partial charge in [-0.3, -0.25) is 0 Å². The third-order valence-corrected chi connectivity index (χ3v) is 3.88. The van der Waals surface area contributed by atoms with Gasteiger partial charge in [0.1, 0.15) is 11.2 Å². The Bertz CT molecular complexity index is 657. The fourth-order valence-electron chi connectivity index (χ4n) is 2.74. The van der Waals surface area contributed by atoms with Crippen LogP contribution >= 0.6 is 11.6 Å².